The Kier molecular flexibility index (Phi) is 27.3. The summed E-state index contributed by atoms with van der Waals surface area (Å²) in [5.41, 5.74) is 4.30. The molecule has 0 spiro atoms. The van der Waals surface area contributed by atoms with Crippen LogP contribution in [0.5, 0.6) is 0 Å². The van der Waals surface area contributed by atoms with Crippen molar-refractivity contribution in [3.8, 4) is 39.4 Å². The van der Waals surface area contributed by atoms with Crippen molar-refractivity contribution >= 4 is 119 Å². The van der Waals surface area contributed by atoms with E-state index in [2.05, 4.69) is 161 Å². The molecular formula is C56H40BrI4P. The van der Waals surface area contributed by atoms with Gasteiger partial charge in [-0.1, -0.05) is 169 Å². The summed E-state index contributed by atoms with van der Waals surface area (Å²) >= 11 is 8.12. The summed E-state index contributed by atoms with van der Waals surface area (Å²) in [6.45, 7) is 0. The summed E-state index contributed by atoms with van der Waals surface area (Å²) in [5.74, 6) is 11.8. The van der Waals surface area contributed by atoms with Crippen LogP contribution < -0.4 is 38.2 Å². The molecular weight excluding hydrogens is 1290 g/mol. The third kappa shape index (κ3) is 18.3. The maximum atomic E-state index is 2.94. The highest BCUT2D eigenvalue weighted by molar-refractivity contribution is 14.1. The van der Waals surface area contributed by atoms with Crippen LogP contribution in [-0.4, -0.2) is 0 Å². The second kappa shape index (κ2) is 32.5. The van der Waals surface area contributed by atoms with Crippen LogP contribution in [0.1, 0.15) is 22.3 Å². The van der Waals surface area contributed by atoms with Gasteiger partial charge in [-0.25, -0.2) is 0 Å². The van der Waals surface area contributed by atoms with Gasteiger partial charge < -0.3 is 17.0 Å². The Hall–Kier alpha value is -4.17. The van der Waals surface area contributed by atoms with E-state index in [0.29, 0.717) is 0 Å². The van der Waals surface area contributed by atoms with Crippen molar-refractivity contribution < 1.29 is 17.0 Å². The zero-order valence-corrected chi connectivity index (χ0v) is 44.5. The molecule has 0 unspecified atom stereocenters. The molecule has 0 fully saturated rings. The summed E-state index contributed by atoms with van der Waals surface area (Å²) in [6.07, 6.45) is 0. The van der Waals surface area contributed by atoms with E-state index in [1.165, 1.54) is 21.2 Å². The average molecular weight is 1330 g/mol. The van der Waals surface area contributed by atoms with Crippen molar-refractivity contribution in [1.82, 2.24) is 0 Å². The van der Waals surface area contributed by atoms with Crippen molar-refractivity contribution in [2.45, 2.75) is 0 Å². The monoisotopic (exact) mass is 1330 g/mol. The maximum absolute atomic E-state index is 2.94. The fourth-order valence-electron chi connectivity index (χ4n) is 5.80. The van der Waals surface area contributed by atoms with Gasteiger partial charge in [0.15, 0.2) is 0 Å². The normalized spacial score (nSPS) is 8.97. The molecule has 0 saturated heterocycles. The highest BCUT2D eigenvalue weighted by Gasteiger charge is 2.47. The Labute approximate surface area is 434 Å². The lowest BCUT2D eigenvalue weighted by molar-refractivity contribution is -0.0000111. The minimum atomic E-state index is -1.91. The fraction of sp³-hybridized carbons (Fsp3) is 0. The lowest BCUT2D eigenvalue weighted by Gasteiger charge is -2.27. The lowest BCUT2D eigenvalue weighted by atomic mass is 10.2. The minimum Gasteiger partial charge on any atom is -1.00 e. The van der Waals surface area contributed by atoms with Gasteiger partial charge in [0.2, 0.25) is 0 Å². The molecule has 0 aliphatic carbocycles. The SMILES string of the molecule is IC#Cc1ccccc1.IC#Cc1ccccc1.IC#Cc1ccccc1.IC#Cc1ccccc1.[Br-].c1ccc([P+](c2ccccc2)(c2ccccc2)c2ccccc2)cc1. The van der Waals surface area contributed by atoms with Gasteiger partial charge in [-0.05, 0) is 113 Å². The third-order valence-corrected chi connectivity index (χ3v) is 13.8. The molecule has 0 atom stereocenters. The molecule has 304 valence electrons. The largest absolute Gasteiger partial charge is 1.00 e. The van der Waals surface area contributed by atoms with Crippen LogP contribution in [0.2, 0.25) is 0 Å². The van der Waals surface area contributed by atoms with Crippen molar-refractivity contribution in [3.63, 3.8) is 0 Å². The Morgan fingerprint density at radius 1 is 0.226 bits per heavy atom. The molecule has 0 bridgehead atoms. The molecule has 0 heterocycles. The average Bonchev–Trinajstić information content (AvgIpc) is 3.33. The zero-order valence-electron chi connectivity index (χ0n) is 33.4. The zero-order chi connectivity index (χ0) is 43.1. The van der Waals surface area contributed by atoms with Gasteiger partial charge in [0.25, 0.3) is 0 Å². The van der Waals surface area contributed by atoms with E-state index in [0.717, 1.165) is 22.3 Å². The second-order valence-corrected chi connectivity index (χ2v) is 17.9. The summed E-state index contributed by atoms with van der Waals surface area (Å²) in [4.78, 5) is 0. The molecule has 0 aromatic heterocycles. The number of benzene rings is 8. The molecule has 0 radical (unpaired) electrons. The van der Waals surface area contributed by atoms with Gasteiger partial charge in [-0.15, -0.1) is 0 Å². The standard InChI is InChI=1S/C24H20P.4C8H5I.BrH/c1-5-13-21(14-6-1)25(22-15-7-2-8-16-22,23-17-9-3-10-18-23)24-19-11-4-12-20-24;4*9-7-6-8-4-2-1-3-5-8;/h1-20H;4*1-5H;1H/q+1;;;;;/p-1. The van der Waals surface area contributed by atoms with E-state index in [9.17, 15) is 0 Å². The van der Waals surface area contributed by atoms with Crippen LogP contribution in [0.25, 0.3) is 0 Å². The van der Waals surface area contributed by atoms with Crippen molar-refractivity contribution in [2.24, 2.45) is 0 Å². The molecule has 8 aromatic rings. The van der Waals surface area contributed by atoms with E-state index in [-0.39, 0.29) is 17.0 Å². The second-order valence-electron chi connectivity index (χ2n) is 12.4. The Bertz CT molecular complexity index is 2280. The maximum Gasteiger partial charge on any atom is 0.144 e. The van der Waals surface area contributed by atoms with Crippen LogP contribution in [0, 0.1) is 39.4 Å². The summed E-state index contributed by atoms with van der Waals surface area (Å²) < 4.78 is 11.2. The molecule has 0 N–H and O–H groups in total. The summed E-state index contributed by atoms with van der Waals surface area (Å²) in [7, 11) is -1.91. The molecule has 0 aliphatic heterocycles. The highest BCUT2D eigenvalue weighted by atomic mass is 127. The van der Waals surface area contributed by atoms with Crippen molar-refractivity contribution in [1.29, 1.82) is 0 Å². The Morgan fingerprint density at radius 2 is 0.371 bits per heavy atom. The first-order valence-electron chi connectivity index (χ1n) is 18.9. The molecule has 0 nitrogen and oxygen atoms in total. The molecule has 8 rings (SSSR count). The van der Waals surface area contributed by atoms with Crippen molar-refractivity contribution in [2.75, 3.05) is 0 Å². The van der Waals surface area contributed by atoms with Gasteiger partial charge in [0.05, 0.1) is 0 Å². The lowest BCUT2D eigenvalue weighted by Crippen LogP contribution is -3.00. The molecule has 0 amide bonds. The van der Waals surface area contributed by atoms with E-state index >= 15 is 0 Å². The highest BCUT2D eigenvalue weighted by Crippen LogP contribution is 2.54. The Balaban J connectivity index is 0.000000230. The van der Waals surface area contributed by atoms with Gasteiger partial charge in [-0.2, -0.15) is 0 Å². The van der Waals surface area contributed by atoms with Crippen LogP contribution in [-0.2, 0) is 0 Å². The van der Waals surface area contributed by atoms with Gasteiger partial charge >= 0.3 is 0 Å². The molecule has 6 heteroatoms. The van der Waals surface area contributed by atoms with Crippen LogP contribution in [0.15, 0.2) is 243 Å². The number of rotatable bonds is 4. The first kappa shape index (κ1) is 52.2. The molecule has 62 heavy (non-hydrogen) atoms. The number of hydrogen-bond acceptors (Lipinski definition) is 0. The predicted octanol–water partition coefficient (Wildman–Crippen LogP) is 11.0. The van der Waals surface area contributed by atoms with Crippen LogP contribution in [0.4, 0.5) is 0 Å². The van der Waals surface area contributed by atoms with Crippen LogP contribution >= 0.6 is 97.6 Å². The quantitative estimate of drug-likeness (QED) is 0.0936. The molecule has 0 saturated carbocycles. The topological polar surface area (TPSA) is 0 Å². The van der Waals surface area contributed by atoms with Crippen LogP contribution in [0.3, 0.4) is 0 Å². The fourth-order valence-corrected chi connectivity index (χ4v) is 11.3. The van der Waals surface area contributed by atoms with Gasteiger partial charge in [0, 0.05) is 113 Å². The number of hydrogen-bond donors (Lipinski definition) is 0. The van der Waals surface area contributed by atoms with Gasteiger partial charge in [-0.3, -0.25) is 0 Å². The third-order valence-electron chi connectivity index (χ3n) is 8.44. The first-order valence-corrected chi connectivity index (χ1v) is 25.0. The number of halogens is 5. The summed E-state index contributed by atoms with van der Waals surface area (Å²) in [6, 6.07) is 83.6. The Morgan fingerprint density at radius 3 is 0.516 bits per heavy atom. The van der Waals surface area contributed by atoms with Gasteiger partial charge in [0.1, 0.15) is 28.5 Å². The van der Waals surface area contributed by atoms with E-state index < -0.39 is 7.26 Å². The smallest absolute Gasteiger partial charge is 0.144 e. The molecule has 8 aromatic carbocycles. The first-order chi connectivity index (χ1) is 30.1. The van der Waals surface area contributed by atoms with E-state index in [1.54, 1.807) is 0 Å². The van der Waals surface area contributed by atoms with E-state index in [4.69, 9.17) is 0 Å². The molecule has 0 aliphatic rings. The predicted molar refractivity (Wildman–Crippen MR) is 301 cm³/mol. The van der Waals surface area contributed by atoms with Crippen molar-refractivity contribution in [3.05, 3.63) is 265 Å². The minimum absolute atomic E-state index is 0. The summed E-state index contributed by atoms with van der Waals surface area (Å²) in [5, 5.41) is 5.55. The van der Waals surface area contributed by atoms with E-state index in [1.807, 2.05) is 212 Å².